The Bertz CT molecular complexity index is 302. The molecule has 0 aromatic carbocycles. The largest absolute Gasteiger partial charge is 0.392 e. The highest BCUT2D eigenvalue weighted by molar-refractivity contribution is 7.95. The van der Waals surface area contributed by atoms with Crippen molar-refractivity contribution in [1.82, 2.24) is 0 Å². The first-order valence-corrected chi connectivity index (χ1v) is 6.54. The van der Waals surface area contributed by atoms with Crippen molar-refractivity contribution in [3.8, 4) is 0 Å². The first kappa shape index (κ1) is 10.9. The Balaban J connectivity index is 3.13. The van der Waals surface area contributed by atoms with E-state index in [2.05, 4.69) is 0 Å². The Labute approximate surface area is 84.6 Å². The summed E-state index contributed by atoms with van der Waals surface area (Å²) >= 11 is 4.88. The minimum absolute atomic E-state index is 0.129. The van der Waals surface area contributed by atoms with E-state index in [4.69, 9.17) is 18.0 Å². The van der Waals surface area contributed by atoms with Crippen molar-refractivity contribution in [1.29, 1.82) is 0 Å². The van der Waals surface area contributed by atoms with E-state index in [0.717, 1.165) is 12.8 Å². The van der Waals surface area contributed by atoms with Crippen molar-refractivity contribution in [2.45, 2.75) is 37.4 Å². The van der Waals surface area contributed by atoms with E-state index < -0.39 is 14.6 Å². The van der Waals surface area contributed by atoms with Crippen LogP contribution >= 0.6 is 12.2 Å². The first-order chi connectivity index (χ1) is 5.96. The molecule has 76 valence electrons. The van der Waals surface area contributed by atoms with Gasteiger partial charge in [0.05, 0.1) is 4.99 Å². The van der Waals surface area contributed by atoms with Crippen LogP contribution in [0.4, 0.5) is 0 Å². The Kier molecular flexibility index (Phi) is 2.97. The van der Waals surface area contributed by atoms with Crippen LogP contribution in [0, 0.1) is 0 Å². The van der Waals surface area contributed by atoms with Gasteiger partial charge in [-0.15, -0.1) is 0 Å². The maximum atomic E-state index is 11.8. The number of thiocarbonyl (C=S) groups is 1. The van der Waals surface area contributed by atoms with Crippen molar-refractivity contribution in [3.63, 3.8) is 0 Å². The van der Waals surface area contributed by atoms with Gasteiger partial charge in [-0.3, -0.25) is 0 Å². The second kappa shape index (κ2) is 3.53. The lowest BCUT2D eigenvalue weighted by Gasteiger charge is -2.26. The Morgan fingerprint density at radius 3 is 2.23 bits per heavy atom. The van der Waals surface area contributed by atoms with Gasteiger partial charge in [-0.05, 0) is 12.8 Å². The Morgan fingerprint density at radius 2 is 1.92 bits per heavy atom. The third-order valence-electron chi connectivity index (χ3n) is 2.84. The molecule has 0 aromatic heterocycles. The van der Waals surface area contributed by atoms with E-state index in [1.165, 1.54) is 0 Å². The van der Waals surface area contributed by atoms with Crippen molar-refractivity contribution < 1.29 is 8.42 Å². The van der Waals surface area contributed by atoms with Gasteiger partial charge in [0.2, 0.25) is 0 Å². The monoisotopic (exact) mass is 221 g/mol. The standard InChI is InChI=1S/C8H15NO2S2/c1-2-13(10,11)8(7(9)12)5-3-4-6-8/h2-6H2,1H3,(H2,9,12). The minimum Gasteiger partial charge on any atom is -0.392 e. The molecule has 2 N–H and O–H groups in total. The molecule has 0 heterocycles. The molecule has 0 amide bonds. The van der Waals surface area contributed by atoms with Crippen LogP contribution < -0.4 is 5.73 Å². The molecule has 1 saturated carbocycles. The van der Waals surface area contributed by atoms with Crippen molar-refractivity contribution >= 4 is 27.0 Å². The summed E-state index contributed by atoms with van der Waals surface area (Å²) < 4.78 is 22.7. The summed E-state index contributed by atoms with van der Waals surface area (Å²) in [4.78, 5) is 0.159. The first-order valence-electron chi connectivity index (χ1n) is 4.48. The second-order valence-electron chi connectivity index (χ2n) is 3.47. The summed E-state index contributed by atoms with van der Waals surface area (Å²) in [5.74, 6) is 0.129. The number of hydrogen-bond donors (Lipinski definition) is 1. The van der Waals surface area contributed by atoms with Crippen molar-refractivity contribution in [2.24, 2.45) is 5.73 Å². The molecule has 5 heteroatoms. The van der Waals surface area contributed by atoms with Crippen LogP contribution in [0.1, 0.15) is 32.6 Å². The fraction of sp³-hybridized carbons (Fsp3) is 0.875. The van der Waals surface area contributed by atoms with Crippen LogP contribution in [0.5, 0.6) is 0 Å². The SMILES string of the molecule is CCS(=O)(=O)C1(C(N)=S)CCCC1. The maximum absolute atomic E-state index is 11.8. The van der Waals surface area contributed by atoms with Crippen LogP contribution in [-0.4, -0.2) is 23.9 Å². The Hall–Kier alpha value is -0.160. The zero-order chi connectivity index (χ0) is 10.1. The lowest BCUT2D eigenvalue weighted by Crippen LogP contribution is -2.47. The zero-order valence-electron chi connectivity index (χ0n) is 7.75. The van der Waals surface area contributed by atoms with Gasteiger partial charge in [-0.2, -0.15) is 0 Å². The predicted octanol–water partition coefficient (Wildman–Crippen LogP) is 1.02. The highest BCUT2D eigenvalue weighted by atomic mass is 32.2. The van der Waals surface area contributed by atoms with E-state index in [9.17, 15) is 8.42 Å². The Morgan fingerprint density at radius 1 is 1.46 bits per heavy atom. The van der Waals surface area contributed by atoms with Gasteiger partial charge in [0, 0.05) is 5.75 Å². The number of nitrogens with two attached hydrogens (primary N) is 1. The molecule has 0 saturated heterocycles. The fourth-order valence-electron chi connectivity index (χ4n) is 1.93. The van der Waals surface area contributed by atoms with Crippen molar-refractivity contribution in [2.75, 3.05) is 5.75 Å². The third-order valence-corrected chi connectivity index (χ3v) is 5.93. The average molecular weight is 221 g/mol. The molecule has 13 heavy (non-hydrogen) atoms. The fourth-order valence-corrected chi connectivity index (χ4v) is 4.29. The molecule has 0 atom stereocenters. The molecule has 0 spiro atoms. The highest BCUT2D eigenvalue weighted by Gasteiger charge is 2.47. The predicted molar refractivity (Wildman–Crippen MR) is 57.4 cm³/mol. The summed E-state index contributed by atoms with van der Waals surface area (Å²) in [6.45, 7) is 1.65. The van der Waals surface area contributed by atoms with Crippen LogP contribution in [0.3, 0.4) is 0 Å². The zero-order valence-corrected chi connectivity index (χ0v) is 9.38. The summed E-state index contributed by atoms with van der Waals surface area (Å²) in [6, 6.07) is 0. The molecule has 1 rings (SSSR count). The van der Waals surface area contributed by atoms with E-state index in [1.54, 1.807) is 6.92 Å². The smallest absolute Gasteiger partial charge is 0.162 e. The summed E-state index contributed by atoms with van der Waals surface area (Å²) in [5.41, 5.74) is 5.55. The number of sulfone groups is 1. The third kappa shape index (κ3) is 1.59. The highest BCUT2D eigenvalue weighted by Crippen LogP contribution is 2.37. The van der Waals surface area contributed by atoms with Gasteiger partial charge in [0.1, 0.15) is 4.75 Å². The molecule has 1 aliphatic carbocycles. The summed E-state index contributed by atoms with van der Waals surface area (Å²) in [7, 11) is -3.13. The van der Waals surface area contributed by atoms with Crippen LogP contribution in [0.2, 0.25) is 0 Å². The van der Waals surface area contributed by atoms with Crippen LogP contribution in [0.15, 0.2) is 0 Å². The number of hydrogen-bond acceptors (Lipinski definition) is 3. The molecule has 0 radical (unpaired) electrons. The second-order valence-corrected chi connectivity index (χ2v) is 6.50. The summed E-state index contributed by atoms with van der Waals surface area (Å²) in [6.07, 6.45) is 3.05. The van der Waals surface area contributed by atoms with Gasteiger partial charge in [0.15, 0.2) is 9.84 Å². The molecule has 0 bridgehead atoms. The van der Waals surface area contributed by atoms with Gasteiger partial charge in [-0.1, -0.05) is 32.0 Å². The molecular formula is C8H15NO2S2. The van der Waals surface area contributed by atoms with Gasteiger partial charge < -0.3 is 5.73 Å². The van der Waals surface area contributed by atoms with Crippen LogP contribution in [-0.2, 0) is 9.84 Å². The molecule has 1 aliphatic rings. The molecular weight excluding hydrogens is 206 g/mol. The molecule has 0 unspecified atom stereocenters. The van der Waals surface area contributed by atoms with Crippen molar-refractivity contribution in [3.05, 3.63) is 0 Å². The molecule has 0 aromatic rings. The van der Waals surface area contributed by atoms with Crippen LogP contribution in [0.25, 0.3) is 0 Å². The van der Waals surface area contributed by atoms with Gasteiger partial charge >= 0.3 is 0 Å². The van der Waals surface area contributed by atoms with Gasteiger partial charge in [0.25, 0.3) is 0 Å². The van der Waals surface area contributed by atoms with Gasteiger partial charge in [-0.25, -0.2) is 8.42 Å². The molecule has 0 aliphatic heterocycles. The number of rotatable bonds is 3. The minimum atomic E-state index is -3.13. The topological polar surface area (TPSA) is 60.2 Å². The van der Waals surface area contributed by atoms with E-state index in [1.807, 2.05) is 0 Å². The quantitative estimate of drug-likeness (QED) is 0.723. The van der Waals surface area contributed by atoms with E-state index in [-0.39, 0.29) is 10.7 Å². The van der Waals surface area contributed by atoms with E-state index >= 15 is 0 Å². The van der Waals surface area contributed by atoms with E-state index in [0.29, 0.717) is 12.8 Å². The average Bonchev–Trinajstić information content (AvgIpc) is 2.53. The lowest BCUT2D eigenvalue weighted by atomic mass is 10.1. The normalized spacial score (nSPS) is 21.6. The summed E-state index contributed by atoms with van der Waals surface area (Å²) in [5, 5.41) is 0. The lowest BCUT2D eigenvalue weighted by molar-refractivity contribution is 0.565. The maximum Gasteiger partial charge on any atom is 0.162 e. The molecule has 1 fully saturated rings. The molecule has 3 nitrogen and oxygen atoms in total.